The standard InChI is InChI=1S/C17H22N2O2S/c1-19(13-6-4-2-3-5-7-13)17(21)12-8-9-15-14(10-12)18-16(20)11-22-15/h8-10,13H,2-7,11H2,1H3,(H,18,20). The van der Waals surface area contributed by atoms with Gasteiger partial charge in [0.15, 0.2) is 0 Å². The second-order valence-corrected chi connectivity index (χ2v) is 7.13. The average molecular weight is 318 g/mol. The second kappa shape index (κ2) is 6.73. The Balaban J connectivity index is 1.76. The van der Waals surface area contributed by atoms with Gasteiger partial charge in [0.1, 0.15) is 0 Å². The van der Waals surface area contributed by atoms with Gasteiger partial charge in [-0.2, -0.15) is 0 Å². The van der Waals surface area contributed by atoms with Crippen LogP contribution in [0.25, 0.3) is 0 Å². The van der Waals surface area contributed by atoms with E-state index in [9.17, 15) is 9.59 Å². The topological polar surface area (TPSA) is 49.4 Å². The van der Waals surface area contributed by atoms with Gasteiger partial charge in [-0.3, -0.25) is 9.59 Å². The number of hydrogen-bond donors (Lipinski definition) is 1. The predicted octanol–water partition coefficient (Wildman–Crippen LogP) is 3.53. The van der Waals surface area contributed by atoms with Crippen LogP contribution in [0.3, 0.4) is 0 Å². The molecule has 0 spiro atoms. The van der Waals surface area contributed by atoms with Crippen LogP contribution in [0.5, 0.6) is 0 Å². The van der Waals surface area contributed by atoms with Gasteiger partial charge in [-0.05, 0) is 31.0 Å². The molecular formula is C17H22N2O2S. The van der Waals surface area contributed by atoms with Gasteiger partial charge in [0.05, 0.1) is 11.4 Å². The molecule has 0 unspecified atom stereocenters. The highest BCUT2D eigenvalue weighted by atomic mass is 32.2. The molecule has 1 saturated carbocycles. The van der Waals surface area contributed by atoms with Crippen molar-refractivity contribution >= 4 is 29.3 Å². The predicted molar refractivity (Wildman–Crippen MR) is 89.4 cm³/mol. The largest absolute Gasteiger partial charge is 0.339 e. The van der Waals surface area contributed by atoms with E-state index >= 15 is 0 Å². The van der Waals surface area contributed by atoms with Crippen molar-refractivity contribution in [3.8, 4) is 0 Å². The van der Waals surface area contributed by atoms with Crippen LogP contribution < -0.4 is 5.32 Å². The molecule has 0 saturated heterocycles. The van der Waals surface area contributed by atoms with Crippen LogP contribution >= 0.6 is 11.8 Å². The number of nitrogens with one attached hydrogen (secondary N) is 1. The zero-order valence-electron chi connectivity index (χ0n) is 12.9. The minimum Gasteiger partial charge on any atom is -0.339 e. The number of hydrogen-bond acceptors (Lipinski definition) is 3. The minimum atomic E-state index is -0.000721. The number of nitrogens with zero attached hydrogens (tertiary/aromatic N) is 1. The molecule has 2 amide bonds. The number of thioether (sulfide) groups is 1. The first-order chi connectivity index (χ1) is 10.6. The van der Waals surface area contributed by atoms with Crippen LogP contribution in [0.15, 0.2) is 23.1 Å². The Labute approximate surface area is 135 Å². The van der Waals surface area contributed by atoms with Crippen molar-refractivity contribution in [2.75, 3.05) is 18.1 Å². The Hall–Kier alpha value is -1.49. The van der Waals surface area contributed by atoms with Crippen molar-refractivity contribution in [3.63, 3.8) is 0 Å². The first-order valence-electron chi connectivity index (χ1n) is 7.99. The fourth-order valence-electron chi connectivity index (χ4n) is 3.23. The molecule has 1 aromatic rings. The van der Waals surface area contributed by atoms with E-state index in [1.807, 2.05) is 30.1 Å². The highest BCUT2D eigenvalue weighted by molar-refractivity contribution is 8.00. The molecule has 2 aliphatic rings. The molecule has 1 aliphatic heterocycles. The molecule has 118 valence electrons. The van der Waals surface area contributed by atoms with Gasteiger partial charge in [0.25, 0.3) is 5.91 Å². The zero-order valence-corrected chi connectivity index (χ0v) is 13.7. The van der Waals surface area contributed by atoms with Gasteiger partial charge in [0, 0.05) is 23.5 Å². The van der Waals surface area contributed by atoms with Crippen LogP contribution in [0, 0.1) is 0 Å². The third kappa shape index (κ3) is 3.29. The summed E-state index contributed by atoms with van der Waals surface area (Å²) < 4.78 is 0. The van der Waals surface area contributed by atoms with E-state index in [2.05, 4.69) is 5.32 Å². The summed E-state index contributed by atoms with van der Waals surface area (Å²) in [7, 11) is 1.91. The zero-order chi connectivity index (χ0) is 15.5. The Kier molecular flexibility index (Phi) is 4.71. The third-order valence-electron chi connectivity index (χ3n) is 4.55. The number of carbonyl (C=O) groups is 2. The van der Waals surface area contributed by atoms with Gasteiger partial charge in [-0.25, -0.2) is 0 Å². The van der Waals surface area contributed by atoms with E-state index < -0.39 is 0 Å². The van der Waals surface area contributed by atoms with Gasteiger partial charge in [-0.15, -0.1) is 11.8 Å². The molecule has 0 atom stereocenters. The Morgan fingerprint density at radius 3 is 2.68 bits per heavy atom. The van der Waals surface area contributed by atoms with Crippen molar-refractivity contribution in [2.24, 2.45) is 0 Å². The molecule has 1 N–H and O–H groups in total. The maximum Gasteiger partial charge on any atom is 0.253 e. The Bertz CT molecular complexity index is 580. The number of amides is 2. The lowest BCUT2D eigenvalue weighted by Gasteiger charge is -2.28. The molecule has 1 fully saturated rings. The van der Waals surface area contributed by atoms with Crippen LogP contribution in [0.1, 0.15) is 48.9 Å². The number of rotatable bonds is 2. The fourth-order valence-corrected chi connectivity index (χ4v) is 4.02. The molecule has 0 bridgehead atoms. The first kappa shape index (κ1) is 15.4. The van der Waals surface area contributed by atoms with Gasteiger partial charge in [-0.1, -0.05) is 25.7 Å². The lowest BCUT2D eigenvalue weighted by molar-refractivity contribution is -0.113. The average Bonchev–Trinajstić information content (AvgIpc) is 2.82. The van der Waals surface area contributed by atoms with Crippen molar-refractivity contribution < 1.29 is 9.59 Å². The van der Waals surface area contributed by atoms with Crippen molar-refractivity contribution in [1.29, 1.82) is 0 Å². The molecule has 1 heterocycles. The van der Waals surface area contributed by atoms with E-state index in [-0.39, 0.29) is 11.8 Å². The maximum atomic E-state index is 12.7. The van der Waals surface area contributed by atoms with Crippen LogP contribution in [-0.2, 0) is 4.79 Å². The Morgan fingerprint density at radius 2 is 1.95 bits per heavy atom. The molecule has 3 rings (SSSR count). The lowest BCUT2D eigenvalue weighted by Crippen LogP contribution is -2.36. The summed E-state index contributed by atoms with van der Waals surface area (Å²) in [6, 6.07) is 5.97. The van der Waals surface area contributed by atoms with E-state index in [0.29, 0.717) is 17.4 Å². The van der Waals surface area contributed by atoms with E-state index in [4.69, 9.17) is 0 Å². The molecule has 1 aromatic carbocycles. The number of fused-ring (bicyclic) bond motifs is 1. The van der Waals surface area contributed by atoms with Gasteiger partial charge < -0.3 is 10.2 Å². The summed E-state index contributed by atoms with van der Waals surface area (Å²) in [5.74, 6) is 0.501. The molecule has 5 heteroatoms. The van der Waals surface area contributed by atoms with Crippen LogP contribution in [0.4, 0.5) is 5.69 Å². The van der Waals surface area contributed by atoms with Gasteiger partial charge in [0.2, 0.25) is 5.91 Å². The smallest absolute Gasteiger partial charge is 0.253 e. The number of anilines is 1. The third-order valence-corrected chi connectivity index (χ3v) is 5.63. The minimum absolute atomic E-state index is 0.000721. The number of carbonyl (C=O) groups excluding carboxylic acids is 2. The lowest BCUT2D eigenvalue weighted by atomic mass is 10.1. The monoisotopic (exact) mass is 318 g/mol. The molecule has 4 nitrogen and oxygen atoms in total. The van der Waals surface area contributed by atoms with E-state index in [1.54, 1.807) is 0 Å². The summed E-state index contributed by atoms with van der Waals surface area (Å²) in [6.07, 6.45) is 7.17. The van der Waals surface area contributed by atoms with E-state index in [0.717, 1.165) is 23.4 Å². The van der Waals surface area contributed by atoms with E-state index in [1.165, 1.54) is 37.4 Å². The summed E-state index contributed by atoms with van der Waals surface area (Å²) in [5, 5.41) is 2.85. The molecule has 22 heavy (non-hydrogen) atoms. The molecule has 0 aromatic heterocycles. The Morgan fingerprint density at radius 1 is 1.23 bits per heavy atom. The first-order valence-corrected chi connectivity index (χ1v) is 8.97. The summed E-state index contributed by atoms with van der Waals surface area (Å²) in [4.78, 5) is 27.2. The summed E-state index contributed by atoms with van der Waals surface area (Å²) >= 11 is 1.52. The highest BCUT2D eigenvalue weighted by Gasteiger charge is 2.24. The van der Waals surface area contributed by atoms with Crippen molar-refractivity contribution in [1.82, 2.24) is 4.90 Å². The second-order valence-electron chi connectivity index (χ2n) is 6.11. The molecular weight excluding hydrogens is 296 g/mol. The SMILES string of the molecule is CN(C(=O)c1ccc2c(c1)NC(=O)CS2)C1CCCCCC1. The van der Waals surface area contributed by atoms with Crippen LogP contribution in [0.2, 0.25) is 0 Å². The quantitative estimate of drug-likeness (QED) is 0.849. The molecule has 1 aliphatic carbocycles. The summed E-state index contributed by atoms with van der Waals surface area (Å²) in [5.41, 5.74) is 1.43. The van der Waals surface area contributed by atoms with Gasteiger partial charge >= 0.3 is 0 Å². The molecule has 0 radical (unpaired) electrons. The summed E-state index contributed by atoms with van der Waals surface area (Å²) in [6.45, 7) is 0. The normalized spacial score (nSPS) is 19.0. The maximum absolute atomic E-state index is 12.7. The van der Waals surface area contributed by atoms with Crippen molar-refractivity contribution in [2.45, 2.75) is 49.5 Å². The highest BCUT2D eigenvalue weighted by Crippen LogP contribution is 2.32. The van der Waals surface area contributed by atoms with Crippen LogP contribution in [-0.4, -0.2) is 35.6 Å². The van der Waals surface area contributed by atoms with Crippen molar-refractivity contribution in [3.05, 3.63) is 23.8 Å². The number of benzene rings is 1. The fraction of sp³-hybridized carbons (Fsp3) is 0.529.